The Morgan fingerprint density at radius 1 is 1.11 bits per heavy atom. The van der Waals surface area contributed by atoms with Crippen LogP contribution in [-0.2, 0) is 9.53 Å². The zero-order valence-corrected chi connectivity index (χ0v) is 16.7. The van der Waals surface area contributed by atoms with Crippen LogP contribution in [0, 0.1) is 6.92 Å². The van der Waals surface area contributed by atoms with E-state index in [0.717, 1.165) is 28.1 Å². The summed E-state index contributed by atoms with van der Waals surface area (Å²) in [6, 6.07) is 17.5. The van der Waals surface area contributed by atoms with Gasteiger partial charge in [-0.15, -0.1) is 11.3 Å². The van der Waals surface area contributed by atoms with E-state index < -0.39 is 5.97 Å². The lowest BCUT2D eigenvalue weighted by atomic mass is 10.0. The van der Waals surface area contributed by atoms with Crippen molar-refractivity contribution in [1.29, 1.82) is 0 Å². The van der Waals surface area contributed by atoms with Crippen molar-refractivity contribution in [3.05, 3.63) is 76.8 Å². The van der Waals surface area contributed by atoms with Crippen LogP contribution in [0.2, 0.25) is 0 Å². The number of rotatable bonds is 7. The maximum atomic E-state index is 12.2. The monoisotopic (exact) mass is 394 g/mol. The van der Waals surface area contributed by atoms with Crippen molar-refractivity contribution in [2.24, 2.45) is 0 Å². The molecule has 0 unspecified atom stereocenters. The van der Waals surface area contributed by atoms with Crippen molar-refractivity contribution in [3.8, 4) is 10.6 Å². The van der Waals surface area contributed by atoms with Crippen LogP contribution in [-0.4, -0.2) is 23.5 Å². The largest absolute Gasteiger partial charge is 0.451 e. The molecule has 3 rings (SSSR count). The molecule has 0 saturated heterocycles. The third-order valence-corrected chi connectivity index (χ3v) is 5.18. The standard InChI is InChI=1S/C22H22N2O3S/c1-3-18(16-11-9-15(2)10-12-16)23-20(25)13-27-22(26)19-14-28-21(24-19)17-7-5-4-6-8-17/h4-12,14,18H,3,13H2,1-2H3,(H,23,25)/t18-/m0/s1. The molecule has 2 aromatic carbocycles. The Kier molecular flexibility index (Phi) is 6.55. The van der Waals surface area contributed by atoms with Gasteiger partial charge < -0.3 is 10.1 Å². The fourth-order valence-electron chi connectivity index (χ4n) is 2.74. The Morgan fingerprint density at radius 3 is 2.50 bits per heavy atom. The number of aryl methyl sites for hydroxylation is 1. The molecule has 3 aromatic rings. The summed E-state index contributed by atoms with van der Waals surface area (Å²) in [6.45, 7) is 3.68. The minimum absolute atomic E-state index is 0.115. The van der Waals surface area contributed by atoms with Crippen LogP contribution in [0.15, 0.2) is 60.0 Å². The van der Waals surface area contributed by atoms with Crippen LogP contribution in [0.3, 0.4) is 0 Å². The van der Waals surface area contributed by atoms with Crippen molar-refractivity contribution in [1.82, 2.24) is 10.3 Å². The molecule has 0 bridgehead atoms. The van der Waals surface area contributed by atoms with Gasteiger partial charge in [0.1, 0.15) is 5.01 Å². The van der Waals surface area contributed by atoms with Gasteiger partial charge in [0.25, 0.3) is 5.91 Å². The minimum atomic E-state index is -0.600. The van der Waals surface area contributed by atoms with E-state index >= 15 is 0 Å². The van der Waals surface area contributed by atoms with Crippen molar-refractivity contribution in [2.75, 3.05) is 6.61 Å². The lowest BCUT2D eigenvalue weighted by molar-refractivity contribution is -0.125. The smallest absolute Gasteiger partial charge is 0.358 e. The summed E-state index contributed by atoms with van der Waals surface area (Å²) in [5.41, 5.74) is 3.34. The van der Waals surface area contributed by atoms with Gasteiger partial charge in [-0.25, -0.2) is 9.78 Å². The van der Waals surface area contributed by atoms with Gasteiger partial charge in [-0.3, -0.25) is 4.79 Å². The normalized spacial score (nSPS) is 11.6. The molecule has 5 nitrogen and oxygen atoms in total. The molecule has 0 saturated carbocycles. The predicted molar refractivity (Wildman–Crippen MR) is 110 cm³/mol. The molecule has 0 aliphatic rings. The number of carbonyl (C=O) groups excluding carboxylic acids is 2. The molecule has 0 radical (unpaired) electrons. The van der Waals surface area contributed by atoms with Crippen molar-refractivity contribution >= 4 is 23.2 Å². The van der Waals surface area contributed by atoms with E-state index in [2.05, 4.69) is 10.3 Å². The summed E-state index contributed by atoms with van der Waals surface area (Å²) in [5, 5.41) is 5.29. The highest BCUT2D eigenvalue weighted by Crippen LogP contribution is 2.23. The van der Waals surface area contributed by atoms with E-state index in [1.165, 1.54) is 11.3 Å². The van der Waals surface area contributed by atoms with Crippen molar-refractivity contribution in [3.63, 3.8) is 0 Å². The zero-order chi connectivity index (χ0) is 19.9. The van der Waals surface area contributed by atoms with E-state index in [1.54, 1.807) is 5.38 Å². The molecular weight excluding hydrogens is 372 g/mol. The number of nitrogens with zero attached hydrogens (tertiary/aromatic N) is 1. The van der Waals surface area contributed by atoms with Gasteiger partial charge in [-0.2, -0.15) is 0 Å². The summed E-state index contributed by atoms with van der Waals surface area (Å²) in [7, 11) is 0. The number of hydrogen-bond donors (Lipinski definition) is 1. The molecule has 0 aliphatic carbocycles. The highest BCUT2D eigenvalue weighted by atomic mass is 32.1. The average Bonchev–Trinajstić information content (AvgIpc) is 3.22. The summed E-state index contributed by atoms with van der Waals surface area (Å²) >= 11 is 1.37. The summed E-state index contributed by atoms with van der Waals surface area (Å²) in [4.78, 5) is 28.7. The lowest BCUT2D eigenvalue weighted by Crippen LogP contribution is -2.32. The maximum absolute atomic E-state index is 12.2. The number of thiazole rings is 1. The quantitative estimate of drug-likeness (QED) is 0.597. The van der Waals surface area contributed by atoms with Gasteiger partial charge in [0.15, 0.2) is 12.3 Å². The first kappa shape index (κ1) is 19.8. The topological polar surface area (TPSA) is 68.3 Å². The number of benzene rings is 2. The van der Waals surface area contributed by atoms with Crippen LogP contribution in [0.5, 0.6) is 0 Å². The number of nitrogens with one attached hydrogen (secondary N) is 1. The molecule has 0 spiro atoms. The number of aromatic nitrogens is 1. The average molecular weight is 394 g/mol. The van der Waals surface area contributed by atoms with Crippen molar-refractivity contribution in [2.45, 2.75) is 26.3 Å². The van der Waals surface area contributed by atoms with Gasteiger partial charge >= 0.3 is 5.97 Å². The molecule has 6 heteroatoms. The fraction of sp³-hybridized carbons (Fsp3) is 0.227. The number of amides is 1. The Balaban J connectivity index is 1.54. The third-order valence-electron chi connectivity index (χ3n) is 4.29. The maximum Gasteiger partial charge on any atom is 0.358 e. The predicted octanol–water partition coefficient (Wildman–Crippen LogP) is 4.54. The second kappa shape index (κ2) is 9.28. The first-order valence-electron chi connectivity index (χ1n) is 9.11. The number of carbonyl (C=O) groups is 2. The van der Waals surface area contributed by atoms with Crippen LogP contribution >= 0.6 is 11.3 Å². The molecule has 0 aliphatic heterocycles. The highest BCUT2D eigenvalue weighted by molar-refractivity contribution is 7.13. The van der Waals surface area contributed by atoms with Crippen LogP contribution in [0.4, 0.5) is 0 Å². The van der Waals surface area contributed by atoms with Gasteiger partial charge in [0.2, 0.25) is 0 Å². The minimum Gasteiger partial charge on any atom is -0.451 e. The molecule has 1 N–H and O–H groups in total. The first-order chi connectivity index (χ1) is 13.6. The van der Waals surface area contributed by atoms with Gasteiger partial charge in [-0.05, 0) is 18.9 Å². The Morgan fingerprint density at radius 2 is 1.82 bits per heavy atom. The van der Waals surface area contributed by atoms with E-state index in [0.29, 0.717) is 0 Å². The molecule has 28 heavy (non-hydrogen) atoms. The Labute approximate surface area is 168 Å². The van der Waals surface area contributed by atoms with E-state index in [1.807, 2.05) is 68.4 Å². The Bertz CT molecular complexity index is 936. The van der Waals surface area contributed by atoms with Gasteiger partial charge in [-0.1, -0.05) is 67.1 Å². The number of esters is 1. The lowest BCUT2D eigenvalue weighted by Gasteiger charge is -2.17. The van der Waals surface area contributed by atoms with Gasteiger partial charge in [0.05, 0.1) is 6.04 Å². The SMILES string of the molecule is CC[C@H](NC(=O)COC(=O)c1csc(-c2ccccc2)n1)c1ccc(C)cc1. The Hall–Kier alpha value is -2.99. The number of hydrogen-bond acceptors (Lipinski definition) is 5. The summed E-state index contributed by atoms with van der Waals surface area (Å²) < 4.78 is 5.13. The van der Waals surface area contributed by atoms with E-state index in [-0.39, 0.29) is 24.2 Å². The molecule has 1 heterocycles. The molecule has 144 valence electrons. The highest BCUT2D eigenvalue weighted by Gasteiger charge is 2.17. The second-order valence-corrected chi connectivity index (χ2v) is 7.28. The molecular formula is C22H22N2O3S. The second-order valence-electron chi connectivity index (χ2n) is 6.42. The van der Waals surface area contributed by atoms with Crippen LogP contribution < -0.4 is 5.32 Å². The summed E-state index contributed by atoms with van der Waals surface area (Å²) in [5.74, 6) is -0.934. The molecule has 0 fully saturated rings. The van der Waals surface area contributed by atoms with Crippen molar-refractivity contribution < 1.29 is 14.3 Å². The molecule has 1 aromatic heterocycles. The van der Waals surface area contributed by atoms with Crippen LogP contribution in [0.1, 0.15) is 41.0 Å². The zero-order valence-electron chi connectivity index (χ0n) is 15.8. The molecule has 1 amide bonds. The summed E-state index contributed by atoms with van der Waals surface area (Å²) in [6.07, 6.45) is 0.745. The molecule has 1 atom stereocenters. The number of ether oxygens (including phenoxy) is 1. The fourth-order valence-corrected chi connectivity index (χ4v) is 3.54. The van der Waals surface area contributed by atoms with Crippen LogP contribution in [0.25, 0.3) is 10.6 Å². The van der Waals surface area contributed by atoms with E-state index in [4.69, 9.17) is 4.74 Å². The first-order valence-corrected chi connectivity index (χ1v) is 9.98. The van der Waals surface area contributed by atoms with Gasteiger partial charge in [0, 0.05) is 10.9 Å². The third kappa shape index (κ3) is 5.04. The van der Waals surface area contributed by atoms with E-state index in [9.17, 15) is 9.59 Å².